The van der Waals surface area contributed by atoms with Gasteiger partial charge in [-0.15, -0.1) is 0 Å². The minimum atomic E-state index is -0.808. The smallest absolute Gasteiger partial charge is 0.305 e. The van der Waals surface area contributed by atoms with Crippen molar-refractivity contribution in [3.8, 4) is 0 Å². The third kappa shape index (κ3) is 3.43. The van der Waals surface area contributed by atoms with Crippen LogP contribution in [-0.4, -0.2) is 22.1 Å². The van der Waals surface area contributed by atoms with Crippen LogP contribution >= 0.6 is 0 Å². The fraction of sp³-hybridized carbons (Fsp3) is 0.400. The van der Waals surface area contributed by atoms with E-state index in [0.717, 1.165) is 11.5 Å². The van der Waals surface area contributed by atoms with Crippen molar-refractivity contribution in [2.75, 3.05) is 5.32 Å². The Morgan fingerprint density at radius 3 is 2.93 bits per heavy atom. The standard InChI is InChI=1S/C10H14N2O2/c1-7-4-3-5-9(11-7)12-8(2)6-10(13)14/h3-5,8H,6H2,1-2H3,(H,11,12)(H,13,14). The summed E-state index contributed by atoms with van der Waals surface area (Å²) in [6, 6.07) is 5.50. The first-order chi connectivity index (χ1) is 6.58. The number of anilines is 1. The van der Waals surface area contributed by atoms with E-state index < -0.39 is 5.97 Å². The first kappa shape index (κ1) is 10.5. The molecule has 0 spiro atoms. The minimum absolute atomic E-state index is 0.0929. The Balaban J connectivity index is 2.55. The van der Waals surface area contributed by atoms with Crippen LogP contribution in [0.25, 0.3) is 0 Å². The van der Waals surface area contributed by atoms with E-state index >= 15 is 0 Å². The summed E-state index contributed by atoms with van der Waals surface area (Å²) in [4.78, 5) is 14.6. The van der Waals surface area contributed by atoms with Gasteiger partial charge in [0.05, 0.1) is 6.42 Å². The Morgan fingerprint density at radius 2 is 2.36 bits per heavy atom. The molecule has 0 aliphatic rings. The third-order valence-electron chi connectivity index (χ3n) is 1.76. The Labute approximate surface area is 83.0 Å². The molecule has 1 heterocycles. The predicted molar refractivity (Wildman–Crippen MR) is 54.3 cm³/mol. The fourth-order valence-electron chi connectivity index (χ4n) is 1.19. The second kappa shape index (κ2) is 4.60. The second-order valence-corrected chi connectivity index (χ2v) is 3.31. The highest BCUT2D eigenvalue weighted by molar-refractivity contribution is 5.68. The number of hydrogen-bond acceptors (Lipinski definition) is 3. The van der Waals surface area contributed by atoms with Crippen LogP contribution < -0.4 is 5.32 Å². The van der Waals surface area contributed by atoms with E-state index in [1.165, 1.54) is 0 Å². The van der Waals surface area contributed by atoms with Crippen LogP contribution in [0, 0.1) is 6.92 Å². The molecule has 0 radical (unpaired) electrons. The van der Waals surface area contributed by atoms with Gasteiger partial charge in [-0.3, -0.25) is 4.79 Å². The van der Waals surface area contributed by atoms with Crippen molar-refractivity contribution in [1.29, 1.82) is 0 Å². The van der Waals surface area contributed by atoms with Crippen molar-refractivity contribution in [2.45, 2.75) is 26.3 Å². The molecule has 0 saturated heterocycles. The molecule has 1 aromatic heterocycles. The van der Waals surface area contributed by atoms with Gasteiger partial charge in [0, 0.05) is 11.7 Å². The number of aryl methyl sites for hydroxylation is 1. The number of hydrogen-bond donors (Lipinski definition) is 2. The maximum Gasteiger partial charge on any atom is 0.305 e. The molecule has 2 N–H and O–H groups in total. The van der Waals surface area contributed by atoms with E-state index in [2.05, 4.69) is 10.3 Å². The van der Waals surface area contributed by atoms with E-state index in [1.807, 2.05) is 32.0 Å². The third-order valence-corrected chi connectivity index (χ3v) is 1.76. The molecule has 0 amide bonds. The Hall–Kier alpha value is -1.58. The van der Waals surface area contributed by atoms with Crippen molar-refractivity contribution in [3.05, 3.63) is 23.9 Å². The van der Waals surface area contributed by atoms with E-state index in [9.17, 15) is 4.79 Å². The summed E-state index contributed by atoms with van der Waals surface area (Å²) in [6.07, 6.45) is 0.0929. The lowest BCUT2D eigenvalue weighted by Gasteiger charge is -2.12. The molecule has 1 aromatic rings. The normalized spacial score (nSPS) is 12.1. The largest absolute Gasteiger partial charge is 0.481 e. The number of aromatic nitrogens is 1. The maximum absolute atomic E-state index is 10.4. The second-order valence-electron chi connectivity index (χ2n) is 3.31. The molecule has 0 aliphatic carbocycles. The minimum Gasteiger partial charge on any atom is -0.481 e. The summed E-state index contributed by atoms with van der Waals surface area (Å²) in [5.74, 6) is -0.0867. The van der Waals surface area contributed by atoms with Crippen molar-refractivity contribution in [3.63, 3.8) is 0 Å². The Bertz CT molecular complexity index is 326. The summed E-state index contributed by atoms with van der Waals surface area (Å²) >= 11 is 0. The van der Waals surface area contributed by atoms with Crippen molar-refractivity contribution < 1.29 is 9.90 Å². The number of nitrogens with zero attached hydrogens (tertiary/aromatic N) is 1. The quantitative estimate of drug-likeness (QED) is 0.765. The number of pyridine rings is 1. The van der Waals surface area contributed by atoms with Gasteiger partial charge >= 0.3 is 5.97 Å². The SMILES string of the molecule is Cc1cccc(NC(C)CC(=O)O)n1. The van der Waals surface area contributed by atoms with E-state index in [-0.39, 0.29) is 12.5 Å². The van der Waals surface area contributed by atoms with Crippen LogP contribution in [0.3, 0.4) is 0 Å². The van der Waals surface area contributed by atoms with E-state index in [0.29, 0.717) is 0 Å². The lowest BCUT2D eigenvalue weighted by Crippen LogP contribution is -2.19. The molecule has 1 atom stereocenters. The van der Waals surface area contributed by atoms with Crippen LogP contribution in [0.15, 0.2) is 18.2 Å². The van der Waals surface area contributed by atoms with Crippen LogP contribution in [0.2, 0.25) is 0 Å². The number of carboxylic acids is 1. The molecular formula is C10H14N2O2. The van der Waals surface area contributed by atoms with Gasteiger partial charge in [0.15, 0.2) is 0 Å². The number of rotatable bonds is 4. The van der Waals surface area contributed by atoms with Gasteiger partial charge in [0.2, 0.25) is 0 Å². The maximum atomic E-state index is 10.4. The number of aliphatic carboxylic acids is 1. The van der Waals surface area contributed by atoms with Crippen LogP contribution in [-0.2, 0) is 4.79 Å². The Kier molecular flexibility index (Phi) is 3.45. The van der Waals surface area contributed by atoms with Crippen molar-refractivity contribution >= 4 is 11.8 Å². The Morgan fingerprint density at radius 1 is 1.64 bits per heavy atom. The molecule has 76 valence electrons. The average molecular weight is 194 g/mol. The zero-order valence-corrected chi connectivity index (χ0v) is 8.32. The summed E-state index contributed by atoms with van der Waals surface area (Å²) < 4.78 is 0. The zero-order valence-electron chi connectivity index (χ0n) is 8.32. The fourth-order valence-corrected chi connectivity index (χ4v) is 1.19. The number of nitrogens with one attached hydrogen (secondary N) is 1. The van der Waals surface area contributed by atoms with Crippen LogP contribution in [0.4, 0.5) is 5.82 Å². The summed E-state index contributed by atoms with van der Waals surface area (Å²) in [7, 11) is 0. The molecule has 0 aromatic carbocycles. The highest BCUT2D eigenvalue weighted by Crippen LogP contribution is 2.06. The van der Waals surface area contributed by atoms with Gasteiger partial charge in [-0.2, -0.15) is 0 Å². The van der Waals surface area contributed by atoms with Gasteiger partial charge in [-0.05, 0) is 26.0 Å². The zero-order chi connectivity index (χ0) is 10.6. The van der Waals surface area contributed by atoms with E-state index in [4.69, 9.17) is 5.11 Å². The van der Waals surface area contributed by atoms with Crippen LogP contribution in [0.5, 0.6) is 0 Å². The van der Waals surface area contributed by atoms with Gasteiger partial charge in [-0.25, -0.2) is 4.98 Å². The molecule has 0 saturated carbocycles. The molecule has 0 aliphatic heterocycles. The molecule has 0 bridgehead atoms. The highest BCUT2D eigenvalue weighted by atomic mass is 16.4. The van der Waals surface area contributed by atoms with Crippen LogP contribution in [0.1, 0.15) is 19.0 Å². The topological polar surface area (TPSA) is 62.2 Å². The molecule has 0 fully saturated rings. The first-order valence-corrected chi connectivity index (χ1v) is 4.50. The molecule has 4 heteroatoms. The van der Waals surface area contributed by atoms with Gasteiger partial charge in [-0.1, -0.05) is 6.07 Å². The number of carbonyl (C=O) groups is 1. The summed E-state index contributed by atoms with van der Waals surface area (Å²) in [5.41, 5.74) is 0.914. The molecule has 1 unspecified atom stereocenters. The predicted octanol–water partition coefficient (Wildman–Crippen LogP) is 1.67. The number of carboxylic acid groups (broad SMARTS) is 1. The molecule has 1 rings (SSSR count). The van der Waals surface area contributed by atoms with Gasteiger partial charge in [0.1, 0.15) is 5.82 Å². The average Bonchev–Trinajstić information content (AvgIpc) is 2.01. The van der Waals surface area contributed by atoms with Crippen molar-refractivity contribution in [2.24, 2.45) is 0 Å². The molecular weight excluding hydrogens is 180 g/mol. The highest BCUT2D eigenvalue weighted by Gasteiger charge is 2.07. The lowest BCUT2D eigenvalue weighted by molar-refractivity contribution is -0.137. The van der Waals surface area contributed by atoms with Gasteiger partial charge < -0.3 is 10.4 Å². The monoisotopic (exact) mass is 194 g/mol. The summed E-state index contributed by atoms with van der Waals surface area (Å²) in [5, 5.41) is 11.6. The molecule has 14 heavy (non-hydrogen) atoms. The lowest BCUT2D eigenvalue weighted by atomic mass is 10.2. The molecule has 4 nitrogen and oxygen atoms in total. The van der Waals surface area contributed by atoms with E-state index in [1.54, 1.807) is 0 Å². The summed E-state index contributed by atoms with van der Waals surface area (Å²) in [6.45, 7) is 3.71. The van der Waals surface area contributed by atoms with Crippen molar-refractivity contribution in [1.82, 2.24) is 4.98 Å². The first-order valence-electron chi connectivity index (χ1n) is 4.50. The van der Waals surface area contributed by atoms with Gasteiger partial charge in [0.25, 0.3) is 0 Å².